The first-order chi connectivity index (χ1) is 17.4. The molecule has 1 fully saturated rings. The SMILES string of the molecule is CC1(C)O[C@@H](C(O)(c2ccccc2)c2ccccc2)[C@H](C(OO)(c2ccccc2)c2ccccc2)O1. The first kappa shape index (κ1) is 24.4. The van der Waals surface area contributed by atoms with Gasteiger partial charge in [0, 0.05) is 0 Å². The summed E-state index contributed by atoms with van der Waals surface area (Å²) in [4.78, 5) is 5.47. The van der Waals surface area contributed by atoms with Crippen LogP contribution in [0, 0.1) is 0 Å². The van der Waals surface area contributed by atoms with Gasteiger partial charge in [-0.1, -0.05) is 121 Å². The zero-order valence-electron chi connectivity index (χ0n) is 20.3. The Bertz CT molecular complexity index is 1180. The molecular weight excluding hydrogens is 452 g/mol. The van der Waals surface area contributed by atoms with Crippen LogP contribution in [0.25, 0.3) is 0 Å². The minimum atomic E-state index is -1.63. The molecular formula is C31H30O5. The van der Waals surface area contributed by atoms with Crippen LogP contribution < -0.4 is 0 Å². The number of hydrogen-bond acceptors (Lipinski definition) is 5. The summed E-state index contributed by atoms with van der Waals surface area (Å²) in [5, 5.41) is 23.4. The van der Waals surface area contributed by atoms with Crippen molar-refractivity contribution in [3.8, 4) is 0 Å². The monoisotopic (exact) mass is 482 g/mol. The van der Waals surface area contributed by atoms with E-state index in [9.17, 15) is 10.4 Å². The fourth-order valence-electron chi connectivity index (χ4n) is 5.27. The second-order valence-corrected chi connectivity index (χ2v) is 9.53. The van der Waals surface area contributed by atoms with Crippen molar-refractivity contribution in [3.63, 3.8) is 0 Å². The van der Waals surface area contributed by atoms with Crippen LogP contribution in [0.15, 0.2) is 121 Å². The average molecular weight is 483 g/mol. The summed E-state index contributed by atoms with van der Waals surface area (Å²) in [6.45, 7) is 3.60. The summed E-state index contributed by atoms with van der Waals surface area (Å²) in [6.07, 6.45) is -1.92. The van der Waals surface area contributed by atoms with E-state index in [1.54, 1.807) is 13.8 Å². The van der Waals surface area contributed by atoms with Gasteiger partial charge in [0.05, 0.1) is 0 Å². The predicted octanol–water partition coefficient (Wildman–Crippen LogP) is 5.88. The van der Waals surface area contributed by atoms with E-state index in [-0.39, 0.29) is 0 Å². The maximum absolute atomic E-state index is 12.7. The highest BCUT2D eigenvalue weighted by Gasteiger charge is 2.62. The Morgan fingerprint density at radius 1 is 0.583 bits per heavy atom. The van der Waals surface area contributed by atoms with Crippen molar-refractivity contribution in [2.75, 3.05) is 0 Å². The molecule has 0 aromatic heterocycles. The van der Waals surface area contributed by atoms with Gasteiger partial charge in [0.25, 0.3) is 0 Å². The first-order valence-corrected chi connectivity index (χ1v) is 12.0. The lowest BCUT2D eigenvalue weighted by atomic mass is 9.72. The van der Waals surface area contributed by atoms with Crippen molar-refractivity contribution >= 4 is 0 Å². The molecule has 0 unspecified atom stereocenters. The van der Waals surface area contributed by atoms with E-state index in [4.69, 9.17) is 14.4 Å². The Kier molecular flexibility index (Phi) is 6.51. The fourth-order valence-corrected chi connectivity index (χ4v) is 5.27. The van der Waals surface area contributed by atoms with Gasteiger partial charge >= 0.3 is 0 Å². The molecule has 5 nitrogen and oxygen atoms in total. The predicted molar refractivity (Wildman–Crippen MR) is 137 cm³/mol. The zero-order valence-corrected chi connectivity index (χ0v) is 20.3. The average Bonchev–Trinajstić information content (AvgIpc) is 3.27. The number of benzene rings is 4. The maximum Gasteiger partial charge on any atom is 0.182 e. The summed E-state index contributed by atoms with van der Waals surface area (Å²) >= 11 is 0. The van der Waals surface area contributed by atoms with Crippen molar-refractivity contribution in [3.05, 3.63) is 144 Å². The van der Waals surface area contributed by atoms with Gasteiger partial charge in [-0.25, -0.2) is 4.89 Å². The molecule has 1 aliphatic rings. The molecule has 0 spiro atoms. The molecule has 0 bridgehead atoms. The quantitative estimate of drug-likeness (QED) is 0.254. The molecule has 2 atom stereocenters. The highest BCUT2D eigenvalue weighted by Crippen LogP contribution is 2.51. The van der Waals surface area contributed by atoms with Gasteiger partial charge in [-0.15, -0.1) is 0 Å². The van der Waals surface area contributed by atoms with Crippen LogP contribution >= 0.6 is 0 Å². The minimum absolute atomic E-state index is 0.639. The third-order valence-corrected chi connectivity index (χ3v) is 6.89. The molecule has 0 aliphatic carbocycles. The van der Waals surface area contributed by atoms with Crippen molar-refractivity contribution in [2.45, 2.75) is 43.0 Å². The van der Waals surface area contributed by atoms with Gasteiger partial charge < -0.3 is 14.6 Å². The van der Waals surface area contributed by atoms with E-state index < -0.39 is 29.2 Å². The summed E-state index contributed by atoms with van der Waals surface area (Å²) in [5.74, 6) is -1.08. The van der Waals surface area contributed by atoms with Crippen LogP contribution in [0.4, 0.5) is 0 Å². The lowest BCUT2D eigenvalue weighted by Crippen LogP contribution is -2.55. The topological polar surface area (TPSA) is 68.2 Å². The summed E-state index contributed by atoms with van der Waals surface area (Å²) in [7, 11) is 0. The van der Waals surface area contributed by atoms with Crippen LogP contribution in [0.1, 0.15) is 36.1 Å². The summed E-state index contributed by atoms with van der Waals surface area (Å²) < 4.78 is 13.1. The molecule has 4 aromatic carbocycles. The van der Waals surface area contributed by atoms with E-state index in [1.165, 1.54) is 0 Å². The van der Waals surface area contributed by atoms with Crippen LogP contribution in [0.5, 0.6) is 0 Å². The molecule has 1 saturated heterocycles. The number of rotatable bonds is 7. The van der Waals surface area contributed by atoms with Gasteiger partial charge in [0.2, 0.25) is 0 Å². The molecule has 0 radical (unpaired) electrons. The lowest BCUT2D eigenvalue weighted by Gasteiger charge is -2.43. The van der Waals surface area contributed by atoms with Gasteiger partial charge in [0.1, 0.15) is 17.8 Å². The molecule has 2 N–H and O–H groups in total. The van der Waals surface area contributed by atoms with E-state index in [1.807, 2.05) is 121 Å². The zero-order chi connectivity index (χ0) is 25.2. The van der Waals surface area contributed by atoms with Crippen LogP contribution in [-0.2, 0) is 25.6 Å². The largest absolute Gasteiger partial charge is 0.378 e. The minimum Gasteiger partial charge on any atom is -0.378 e. The molecule has 36 heavy (non-hydrogen) atoms. The lowest BCUT2D eigenvalue weighted by molar-refractivity contribution is -0.344. The third kappa shape index (κ3) is 4.05. The molecule has 0 amide bonds. The number of hydrogen-bond donors (Lipinski definition) is 2. The second-order valence-electron chi connectivity index (χ2n) is 9.53. The second kappa shape index (κ2) is 9.62. The van der Waals surface area contributed by atoms with Gasteiger partial charge in [0.15, 0.2) is 11.4 Å². The van der Waals surface area contributed by atoms with Crippen LogP contribution in [-0.4, -0.2) is 28.4 Å². The van der Waals surface area contributed by atoms with Crippen molar-refractivity contribution in [1.82, 2.24) is 0 Å². The van der Waals surface area contributed by atoms with Crippen LogP contribution in [0.2, 0.25) is 0 Å². The third-order valence-electron chi connectivity index (χ3n) is 6.89. The standard InChI is InChI=1S/C31H30O5/c1-29(2)34-27(30(32,23-15-7-3-8-16-23)24-17-9-4-10-18-24)28(35-29)31(36-33,25-19-11-5-12-20-25)26-21-13-6-14-22-26/h3-22,27-28,32-33H,1-2H3/t27-,28-/m1/s1. The highest BCUT2D eigenvalue weighted by atomic mass is 17.1. The van der Waals surface area contributed by atoms with Crippen molar-refractivity contribution in [2.24, 2.45) is 0 Å². The molecule has 4 aromatic rings. The smallest absolute Gasteiger partial charge is 0.182 e. The van der Waals surface area contributed by atoms with Gasteiger partial charge in [-0.05, 0) is 36.1 Å². The highest BCUT2D eigenvalue weighted by molar-refractivity contribution is 5.43. The fraction of sp³-hybridized carbons (Fsp3) is 0.226. The molecule has 5 rings (SSSR count). The van der Waals surface area contributed by atoms with E-state index in [2.05, 4.69) is 0 Å². The maximum atomic E-state index is 12.7. The molecule has 1 aliphatic heterocycles. The molecule has 0 saturated carbocycles. The molecule has 184 valence electrons. The summed E-state index contributed by atoms with van der Waals surface area (Å²) in [5.41, 5.74) is -0.523. The van der Waals surface area contributed by atoms with E-state index >= 15 is 0 Å². The van der Waals surface area contributed by atoms with E-state index in [0.717, 1.165) is 0 Å². The van der Waals surface area contributed by atoms with E-state index in [0.29, 0.717) is 22.3 Å². The first-order valence-electron chi connectivity index (χ1n) is 12.0. The Morgan fingerprint density at radius 3 is 1.28 bits per heavy atom. The van der Waals surface area contributed by atoms with Crippen LogP contribution in [0.3, 0.4) is 0 Å². The summed E-state index contributed by atoms with van der Waals surface area (Å²) in [6, 6.07) is 37.6. The number of ether oxygens (including phenoxy) is 2. The number of aliphatic hydroxyl groups is 1. The Labute approximate surface area is 211 Å². The molecule has 5 heteroatoms. The Balaban J connectivity index is 1.79. The normalized spacial score (nSPS) is 19.8. The van der Waals surface area contributed by atoms with Gasteiger partial charge in [-0.3, -0.25) is 5.26 Å². The molecule has 1 heterocycles. The van der Waals surface area contributed by atoms with Crippen molar-refractivity contribution < 1.29 is 24.7 Å². The van der Waals surface area contributed by atoms with Gasteiger partial charge in [-0.2, -0.15) is 0 Å². The van der Waals surface area contributed by atoms with Crippen molar-refractivity contribution in [1.29, 1.82) is 0 Å². The Morgan fingerprint density at radius 2 is 0.917 bits per heavy atom. The Hall–Kier alpha value is -3.32.